The first-order chi connectivity index (χ1) is 34.1. The number of rotatable bonds is 22. The zero-order valence-corrected chi connectivity index (χ0v) is 41.1. The second-order valence-corrected chi connectivity index (χ2v) is 19.7. The minimum atomic E-state index is -0.966. The monoisotopic (exact) mass is 977 g/mol. The van der Waals surface area contributed by atoms with Crippen LogP contribution in [0, 0.1) is 5.92 Å². The minimum absolute atomic E-state index is 0.0325. The number of hydrogen-bond acceptors (Lipinski definition) is 15. The van der Waals surface area contributed by atoms with Gasteiger partial charge >= 0.3 is 0 Å². The summed E-state index contributed by atoms with van der Waals surface area (Å²) < 4.78 is 8.09. The number of benzene rings is 3. The predicted octanol–water partition coefficient (Wildman–Crippen LogP) is 2.46. The zero-order valence-electron chi connectivity index (χ0n) is 40.3. The molecule has 4 aliphatic heterocycles. The Balaban J connectivity index is 0.916. The van der Waals surface area contributed by atoms with Crippen LogP contribution in [0.2, 0.25) is 0 Å². The van der Waals surface area contributed by atoms with E-state index in [1.54, 1.807) is 18.7 Å². The van der Waals surface area contributed by atoms with Crippen molar-refractivity contribution in [3.63, 3.8) is 0 Å². The first-order valence-electron chi connectivity index (χ1n) is 24.7. The first-order valence-corrected chi connectivity index (χ1v) is 25.5. The van der Waals surface area contributed by atoms with Crippen LogP contribution in [0.15, 0.2) is 113 Å². The maximum atomic E-state index is 14.9. The molecule has 4 amide bonds. The lowest BCUT2D eigenvalue weighted by Gasteiger charge is -2.34. The van der Waals surface area contributed by atoms with Crippen molar-refractivity contribution in [3.8, 4) is 0 Å². The standard InChI is InChI=1S/C50H68N14O5S/c1-4-42(51)47(66)55-46-36(22-23-38-24-25-39(64(38)49(46)68)27-53-45(34-15-8-5-9-16-34)35-17-10-6-11-18-35)29-61-30-37(56-59-61)32-69-33(2)44(54-43(65)28-52-3)48(67)62-26-14-19-40(62)31-63-50(57-58-60-63)70-41-20-12-7-13-21-41/h5-13,15-18,20-21,30,33,36,38-40,42,44-46,52-53,56,59H,4,14,19,22-29,31-32,51H2,1-3H3,(H,54,65)(H,55,66)/t33?,36-,38+,39+,40+,42+,44+,46+/m1/s1. The third-order valence-corrected chi connectivity index (χ3v) is 14.9. The number of nitrogens with one attached hydrogen (secondary N) is 6. The Kier molecular flexibility index (Phi) is 17.5. The highest BCUT2D eigenvalue weighted by molar-refractivity contribution is 7.99. The zero-order chi connectivity index (χ0) is 49.0. The number of likely N-dealkylation sites (tertiary alicyclic amines) is 1. The Labute approximate surface area is 414 Å². The van der Waals surface area contributed by atoms with Gasteiger partial charge in [-0.25, -0.2) is 4.68 Å². The van der Waals surface area contributed by atoms with Crippen molar-refractivity contribution >= 4 is 35.4 Å². The van der Waals surface area contributed by atoms with Gasteiger partial charge in [0.15, 0.2) is 0 Å². The number of amides is 4. The Morgan fingerprint density at radius 1 is 0.914 bits per heavy atom. The molecule has 3 saturated heterocycles. The van der Waals surface area contributed by atoms with Gasteiger partial charge in [-0.1, -0.05) is 85.8 Å². The van der Waals surface area contributed by atoms with Crippen LogP contribution < -0.4 is 38.0 Å². The van der Waals surface area contributed by atoms with Crippen molar-refractivity contribution < 1.29 is 23.9 Å². The fraction of sp³-hybridized carbons (Fsp3) is 0.500. The summed E-state index contributed by atoms with van der Waals surface area (Å²) >= 11 is 1.46. The molecule has 374 valence electrons. The third-order valence-electron chi connectivity index (χ3n) is 13.9. The van der Waals surface area contributed by atoms with Gasteiger partial charge in [0.25, 0.3) is 0 Å². The maximum absolute atomic E-state index is 14.9. The predicted molar refractivity (Wildman–Crippen MR) is 265 cm³/mol. The van der Waals surface area contributed by atoms with E-state index in [9.17, 15) is 19.2 Å². The molecule has 0 bridgehead atoms. The molecule has 8 N–H and O–H groups in total. The molecule has 4 aromatic rings. The summed E-state index contributed by atoms with van der Waals surface area (Å²) in [4.78, 5) is 60.7. The number of ether oxygens (including phenoxy) is 1. The molecular weight excluding hydrogens is 909 g/mol. The highest BCUT2D eigenvalue weighted by Crippen LogP contribution is 2.35. The molecule has 3 fully saturated rings. The number of carbonyl (C=O) groups is 4. The van der Waals surface area contributed by atoms with E-state index in [2.05, 4.69) is 72.0 Å². The van der Waals surface area contributed by atoms with Gasteiger partial charge in [-0.3, -0.25) is 24.2 Å². The molecule has 20 heteroatoms. The molecule has 1 aromatic heterocycles. The van der Waals surface area contributed by atoms with E-state index >= 15 is 0 Å². The average Bonchev–Trinajstić information content (AvgIpc) is 4.21. The fourth-order valence-electron chi connectivity index (χ4n) is 10.1. The Bertz CT molecular complexity index is 2340. The smallest absolute Gasteiger partial charge is 0.248 e. The summed E-state index contributed by atoms with van der Waals surface area (Å²) in [6.07, 6.45) is 6.42. The molecule has 8 atom stereocenters. The Morgan fingerprint density at radius 3 is 2.31 bits per heavy atom. The number of tetrazole rings is 1. The lowest BCUT2D eigenvalue weighted by molar-refractivity contribution is -0.141. The Morgan fingerprint density at radius 2 is 1.61 bits per heavy atom. The van der Waals surface area contributed by atoms with E-state index in [4.69, 9.17) is 10.5 Å². The highest BCUT2D eigenvalue weighted by Gasteiger charge is 2.46. The topological polar surface area (TPSA) is 229 Å². The van der Waals surface area contributed by atoms with Gasteiger partial charge < -0.3 is 47.0 Å². The first kappa shape index (κ1) is 50.5. The van der Waals surface area contributed by atoms with E-state index in [0.29, 0.717) is 49.9 Å². The van der Waals surface area contributed by atoms with Crippen molar-refractivity contribution in [3.05, 3.63) is 114 Å². The molecule has 4 aliphatic rings. The molecule has 3 aromatic carbocycles. The van der Waals surface area contributed by atoms with Crippen molar-refractivity contribution in [1.82, 2.24) is 67.2 Å². The summed E-state index contributed by atoms with van der Waals surface area (Å²) in [7, 11) is 1.68. The average molecular weight is 977 g/mol. The van der Waals surface area contributed by atoms with Crippen LogP contribution in [0.25, 0.3) is 0 Å². The van der Waals surface area contributed by atoms with E-state index in [1.165, 1.54) is 11.8 Å². The number of fused-ring (bicyclic) bond motifs is 1. The minimum Gasteiger partial charge on any atom is -0.370 e. The van der Waals surface area contributed by atoms with Crippen LogP contribution in [0.1, 0.15) is 76.0 Å². The summed E-state index contributed by atoms with van der Waals surface area (Å²) in [5, 5.41) is 27.6. The molecule has 19 nitrogen and oxygen atoms in total. The lowest BCUT2D eigenvalue weighted by Crippen LogP contribution is -2.58. The molecule has 8 rings (SSSR count). The highest BCUT2D eigenvalue weighted by atomic mass is 32.2. The second-order valence-electron chi connectivity index (χ2n) is 18.7. The largest absolute Gasteiger partial charge is 0.370 e. The van der Waals surface area contributed by atoms with Gasteiger partial charge in [0, 0.05) is 48.7 Å². The van der Waals surface area contributed by atoms with Crippen molar-refractivity contribution in [1.29, 1.82) is 0 Å². The molecule has 70 heavy (non-hydrogen) atoms. The van der Waals surface area contributed by atoms with Gasteiger partial charge in [0.2, 0.25) is 28.8 Å². The third kappa shape index (κ3) is 12.5. The van der Waals surface area contributed by atoms with Crippen LogP contribution in [-0.2, 0) is 30.5 Å². The maximum Gasteiger partial charge on any atom is 0.248 e. The molecule has 0 spiro atoms. The number of nitrogens with zero attached hydrogens (tertiary/aromatic N) is 7. The lowest BCUT2D eigenvalue weighted by atomic mass is 9.92. The number of hydrogen-bond donors (Lipinski definition) is 7. The number of nitrogens with two attached hydrogens (primary N) is 1. The second kappa shape index (κ2) is 24.3. The normalized spacial score (nSPS) is 22.5. The molecule has 0 saturated carbocycles. The number of hydrazine groups is 2. The molecule has 1 unspecified atom stereocenters. The van der Waals surface area contributed by atoms with Gasteiger partial charge in [-0.15, -0.1) is 10.6 Å². The van der Waals surface area contributed by atoms with Crippen LogP contribution in [0.3, 0.4) is 0 Å². The molecule has 5 heterocycles. The summed E-state index contributed by atoms with van der Waals surface area (Å²) in [6.45, 7) is 5.70. The number of likely N-dealkylation sites (N-methyl/N-ethyl adjacent to an activating group) is 1. The van der Waals surface area contributed by atoms with Crippen LogP contribution in [0.4, 0.5) is 0 Å². The SMILES string of the molecule is CC[C@H](N)C(=O)N[C@@H]1C(=O)N2[C@@H](CC[C@@H]1CN1C=C(COC(C)[C@H](NC(=O)CNC)C(=O)N3CCC[C@H]3Cn3nnnc3Sc3ccccc3)NN1)CC[C@H]2CNC(c1ccccc1)c1ccccc1. The Hall–Kier alpha value is -5.90. The van der Waals surface area contributed by atoms with Gasteiger partial charge in [0.1, 0.15) is 12.1 Å². The van der Waals surface area contributed by atoms with E-state index < -0.39 is 24.2 Å². The van der Waals surface area contributed by atoms with E-state index in [-0.39, 0.29) is 66.9 Å². The summed E-state index contributed by atoms with van der Waals surface area (Å²) in [6, 6.07) is 27.8. The van der Waals surface area contributed by atoms with Crippen LogP contribution in [-0.4, -0.2) is 141 Å². The van der Waals surface area contributed by atoms with Crippen molar-refractivity contribution in [2.24, 2.45) is 11.7 Å². The van der Waals surface area contributed by atoms with Crippen LogP contribution in [0.5, 0.6) is 0 Å². The van der Waals surface area contributed by atoms with Gasteiger partial charge in [0.05, 0.1) is 49.6 Å². The molecular formula is C50H68N14O5S. The fourth-order valence-corrected chi connectivity index (χ4v) is 10.9. The molecule has 0 radical (unpaired) electrons. The summed E-state index contributed by atoms with van der Waals surface area (Å²) in [5.41, 5.74) is 15.6. The number of carbonyl (C=O) groups excluding carboxylic acids is 4. The summed E-state index contributed by atoms with van der Waals surface area (Å²) in [5.74, 6) is -1.24. The number of aromatic nitrogens is 4. The quantitative estimate of drug-likeness (QED) is 0.0601. The van der Waals surface area contributed by atoms with Gasteiger partial charge in [-0.05, 0) is 104 Å². The van der Waals surface area contributed by atoms with Crippen molar-refractivity contribution in [2.75, 3.05) is 39.8 Å². The van der Waals surface area contributed by atoms with E-state index in [1.807, 2.05) is 94.7 Å². The van der Waals surface area contributed by atoms with E-state index in [0.717, 1.165) is 48.1 Å². The van der Waals surface area contributed by atoms with Crippen LogP contribution >= 0.6 is 11.8 Å². The van der Waals surface area contributed by atoms with Gasteiger partial charge in [-0.2, -0.15) is 0 Å². The molecule has 0 aliphatic carbocycles. The van der Waals surface area contributed by atoms with Crippen molar-refractivity contribution in [2.45, 2.75) is 124 Å².